The summed E-state index contributed by atoms with van der Waals surface area (Å²) in [5.41, 5.74) is -0.126. The molecule has 1 aliphatic heterocycles. The fraction of sp³-hybridized carbons (Fsp3) is 0.100. The number of aliphatic carboxylic acids is 1. The zero-order valence-electron chi connectivity index (χ0n) is 8.35. The lowest BCUT2D eigenvalue weighted by molar-refractivity contribution is -0.129. The molecule has 0 fully saturated rings. The molecule has 7 heteroatoms. The molecule has 0 bridgehead atoms. The molecule has 0 radical (unpaired) electrons. The van der Waals surface area contributed by atoms with E-state index < -0.39 is 17.7 Å². The number of halogens is 2. The number of hydrogen-bond acceptors (Lipinski definition) is 3. The van der Waals surface area contributed by atoms with Gasteiger partial charge in [-0.05, 0) is 12.1 Å². The van der Waals surface area contributed by atoms with Crippen molar-refractivity contribution in [3.63, 3.8) is 0 Å². The molecule has 2 rings (SSSR count). The largest absolute Gasteiger partial charge is 0.477 e. The van der Waals surface area contributed by atoms with E-state index >= 15 is 0 Å². The first-order chi connectivity index (χ1) is 7.99. The molecular weight excluding hydrogens is 251 g/mol. The van der Waals surface area contributed by atoms with E-state index in [2.05, 4.69) is 5.10 Å². The molecule has 88 valence electrons. The minimum atomic E-state index is -1.27. The molecule has 0 saturated heterocycles. The molecule has 0 aliphatic carbocycles. The molecule has 0 spiro atoms. The van der Waals surface area contributed by atoms with Crippen LogP contribution in [0.15, 0.2) is 23.3 Å². The lowest BCUT2D eigenvalue weighted by Gasteiger charge is -2.11. The van der Waals surface area contributed by atoms with Gasteiger partial charge in [-0.1, -0.05) is 11.6 Å². The second-order valence-electron chi connectivity index (χ2n) is 3.33. The Kier molecular flexibility index (Phi) is 2.81. The number of hydrogen-bond donors (Lipinski definition) is 1. The molecule has 17 heavy (non-hydrogen) atoms. The summed E-state index contributed by atoms with van der Waals surface area (Å²) >= 11 is 5.49. The number of nitrogens with zero attached hydrogens (tertiary/aromatic N) is 2. The molecular formula is C10H6ClFN2O3. The number of hydrazone groups is 1. The lowest BCUT2D eigenvalue weighted by atomic mass is 10.2. The van der Waals surface area contributed by atoms with Crippen molar-refractivity contribution in [2.24, 2.45) is 5.10 Å². The molecule has 0 atom stereocenters. The zero-order chi connectivity index (χ0) is 12.6. The Hall–Kier alpha value is -1.95. The van der Waals surface area contributed by atoms with E-state index in [0.29, 0.717) is 0 Å². The topological polar surface area (TPSA) is 70.0 Å². The average Bonchev–Trinajstić information content (AvgIpc) is 2.65. The van der Waals surface area contributed by atoms with E-state index in [0.717, 1.165) is 11.1 Å². The monoisotopic (exact) mass is 256 g/mol. The molecule has 0 unspecified atom stereocenters. The van der Waals surface area contributed by atoms with Gasteiger partial charge < -0.3 is 5.11 Å². The average molecular weight is 257 g/mol. The maximum Gasteiger partial charge on any atom is 0.352 e. The summed E-state index contributed by atoms with van der Waals surface area (Å²) in [5.74, 6) is -2.49. The van der Waals surface area contributed by atoms with Crippen molar-refractivity contribution in [3.05, 3.63) is 29.0 Å². The van der Waals surface area contributed by atoms with Crippen LogP contribution in [-0.2, 0) is 9.59 Å². The van der Waals surface area contributed by atoms with Gasteiger partial charge >= 0.3 is 5.97 Å². The predicted molar refractivity (Wildman–Crippen MR) is 58.6 cm³/mol. The second kappa shape index (κ2) is 4.14. The molecule has 1 heterocycles. The van der Waals surface area contributed by atoms with Gasteiger partial charge in [-0.15, -0.1) is 0 Å². The highest BCUT2D eigenvalue weighted by Crippen LogP contribution is 2.25. The third-order valence-electron chi connectivity index (χ3n) is 2.17. The van der Waals surface area contributed by atoms with Crippen LogP contribution in [0.2, 0.25) is 5.02 Å². The summed E-state index contributed by atoms with van der Waals surface area (Å²) in [7, 11) is 0. The van der Waals surface area contributed by atoms with E-state index in [-0.39, 0.29) is 22.8 Å². The van der Waals surface area contributed by atoms with E-state index in [9.17, 15) is 14.0 Å². The molecule has 1 aliphatic rings. The number of rotatable bonds is 2. The number of carbonyl (C=O) groups excluding carboxylic acids is 1. The first-order valence-electron chi connectivity index (χ1n) is 4.58. The highest BCUT2D eigenvalue weighted by molar-refractivity contribution is 6.42. The second-order valence-corrected chi connectivity index (χ2v) is 3.74. The number of carboxylic acid groups (broad SMARTS) is 1. The molecule has 1 aromatic rings. The smallest absolute Gasteiger partial charge is 0.352 e. The Labute approximate surface area is 100 Å². The number of carboxylic acids is 1. The molecule has 5 nitrogen and oxygen atoms in total. The van der Waals surface area contributed by atoms with Gasteiger partial charge in [-0.2, -0.15) is 10.1 Å². The van der Waals surface area contributed by atoms with Crippen LogP contribution in [0, 0.1) is 5.82 Å². The summed E-state index contributed by atoms with van der Waals surface area (Å²) in [6, 6.07) is 3.68. The van der Waals surface area contributed by atoms with Crippen LogP contribution in [0.3, 0.4) is 0 Å². The van der Waals surface area contributed by atoms with Crippen LogP contribution in [0.4, 0.5) is 10.1 Å². The highest BCUT2D eigenvalue weighted by Gasteiger charge is 2.29. The van der Waals surface area contributed by atoms with Gasteiger partial charge in [0.25, 0.3) is 5.91 Å². The normalized spacial score (nSPS) is 15.1. The predicted octanol–water partition coefficient (Wildman–Crippen LogP) is 1.66. The van der Waals surface area contributed by atoms with Gasteiger partial charge in [-0.3, -0.25) is 4.79 Å². The van der Waals surface area contributed by atoms with E-state index in [1.165, 1.54) is 12.1 Å². The minimum absolute atomic E-state index is 0.0807. The van der Waals surface area contributed by atoms with Crippen LogP contribution in [0.5, 0.6) is 0 Å². The Balaban J connectivity index is 2.37. The number of benzene rings is 1. The third kappa shape index (κ3) is 2.12. The molecule has 1 aromatic carbocycles. The number of carbonyl (C=O) groups is 2. The van der Waals surface area contributed by atoms with Crippen molar-refractivity contribution in [1.82, 2.24) is 0 Å². The van der Waals surface area contributed by atoms with Gasteiger partial charge in [0.1, 0.15) is 5.82 Å². The van der Waals surface area contributed by atoms with Crippen molar-refractivity contribution in [3.8, 4) is 0 Å². The summed E-state index contributed by atoms with van der Waals surface area (Å²) in [6.07, 6.45) is -0.306. The van der Waals surface area contributed by atoms with E-state index in [1.807, 2.05) is 0 Å². The minimum Gasteiger partial charge on any atom is -0.477 e. The first kappa shape index (κ1) is 11.5. The van der Waals surface area contributed by atoms with Crippen molar-refractivity contribution < 1.29 is 19.1 Å². The van der Waals surface area contributed by atoms with Crippen LogP contribution in [0.25, 0.3) is 0 Å². The Morgan fingerprint density at radius 1 is 1.53 bits per heavy atom. The molecule has 1 amide bonds. The van der Waals surface area contributed by atoms with Crippen molar-refractivity contribution in [2.45, 2.75) is 6.42 Å². The summed E-state index contributed by atoms with van der Waals surface area (Å²) in [4.78, 5) is 22.1. The summed E-state index contributed by atoms with van der Waals surface area (Å²) in [6.45, 7) is 0. The highest BCUT2D eigenvalue weighted by atomic mass is 35.5. The lowest BCUT2D eigenvalue weighted by Crippen LogP contribution is -2.19. The van der Waals surface area contributed by atoms with E-state index in [4.69, 9.17) is 16.7 Å². The van der Waals surface area contributed by atoms with Gasteiger partial charge in [0.05, 0.1) is 17.1 Å². The maximum absolute atomic E-state index is 13.2. The van der Waals surface area contributed by atoms with Crippen LogP contribution in [0.1, 0.15) is 6.42 Å². The first-order valence-corrected chi connectivity index (χ1v) is 4.95. The van der Waals surface area contributed by atoms with Crippen LogP contribution >= 0.6 is 11.6 Å². The van der Waals surface area contributed by atoms with Gasteiger partial charge in [0.15, 0.2) is 5.71 Å². The molecule has 0 saturated carbocycles. The van der Waals surface area contributed by atoms with E-state index in [1.54, 1.807) is 0 Å². The number of anilines is 1. The Morgan fingerprint density at radius 2 is 2.24 bits per heavy atom. The molecule has 1 N–H and O–H groups in total. The fourth-order valence-corrected chi connectivity index (χ4v) is 1.48. The van der Waals surface area contributed by atoms with Crippen molar-refractivity contribution in [1.29, 1.82) is 0 Å². The van der Waals surface area contributed by atoms with Crippen molar-refractivity contribution in [2.75, 3.05) is 5.01 Å². The van der Waals surface area contributed by atoms with Gasteiger partial charge in [0.2, 0.25) is 0 Å². The molecule has 0 aromatic heterocycles. The van der Waals surface area contributed by atoms with Crippen molar-refractivity contribution >= 4 is 34.9 Å². The van der Waals surface area contributed by atoms with Gasteiger partial charge in [-0.25, -0.2) is 9.18 Å². The van der Waals surface area contributed by atoms with Gasteiger partial charge in [0, 0.05) is 6.07 Å². The standard InChI is InChI=1S/C10H6ClFN2O3/c11-6-2-1-5(3-7(6)12)14-9(15)4-8(13-14)10(16)17/h1-3H,4H2,(H,16,17). The summed E-state index contributed by atoms with van der Waals surface area (Å²) in [5, 5.41) is 13.1. The third-order valence-corrected chi connectivity index (χ3v) is 2.48. The fourth-order valence-electron chi connectivity index (χ4n) is 1.37. The Bertz CT molecular complexity index is 544. The SMILES string of the molecule is O=C(O)C1=NN(c2ccc(Cl)c(F)c2)C(=O)C1. The van der Waals surface area contributed by atoms with Crippen LogP contribution < -0.4 is 5.01 Å². The Morgan fingerprint density at radius 3 is 2.76 bits per heavy atom. The maximum atomic E-state index is 13.2. The summed E-state index contributed by atoms with van der Waals surface area (Å²) < 4.78 is 13.2. The quantitative estimate of drug-likeness (QED) is 0.875. The number of amides is 1. The van der Waals surface area contributed by atoms with Crippen LogP contribution in [-0.4, -0.2) is 22.7 Å². The zero-order valence-corrected chi connectivity index (χ0v) is 9.11.